The molecule has 0 bridgehead atoms. The Bertz CT molecular complexity index is 1480. The molecule has 1 atom stereocenters. The Morgan fingerprint density at radius 3 is 2.97 bits per heavy atom. The Hall–Kier alpha value is -3.73. The number of hydrogen-bond acceptors (Lipinski definition) is 8. The zero-order chi connectivity index (χ0) is 21.8. The van der Waals surface area contributed by atoms with Gasteiger partial charge in [-0.15, -0.1) is 0 Å². The maximum Gasteiger partial charge on any atom is 0.284 e. The highest BCUT2D eigenvalue weighted by Crippen LogP contribution is 2.35. The minimum atomic E-state index is -0.230. The quantitative estimate of drug-likeness (QED) is 0.503. The van der Waals surface area contributed by atoms with Crippen molar-refractivity contribution in [3.05, 3.63) is 58.0 Å². The van der Waals surface area contributed by atoms with Gasteiger partial charge in [0.2, 0.25) is 11.9 Å². The van der Waals surface area contributed by atoms with Crippen molar-refractivity contribution >= 4 is 40.5 Å². The lowest BCUT2D eigenvalue weighted by Gasteiger charge is -2.27. The third-order valence-corrected chi connectivity index (χ3v) is 6.16. The number of halogens is 1. The van der Waals surface area contributed by atoms with Gasteiger partial charge in [-0.2, -0.15) is 29.7 Å². The van der Waals surface area contributed by atoms with Crippen LogP contribution in [0.3, 0.4) is 0 Å². The van der Waals surface area contributed by atoms with Crippen LogP contribution in [0, 0.1) is 0 Å². The summed E-state index contributed by atoms with van der Waals surface area (Å²) in [6.07, 6.45) is 12.7. The maximum absolute atomic E-state index is 13.6. The van der Waals surface area contributed by atoms with Crippen LogP contribution in [-0.4, -0.2) is 45.3 Å². The number of nitrogens with zero attached hydrogens (tertiary/aromatic N) is 9. The van der Waals surface area contributed by atoms with Crippen molar-refractivity contribution in [2.75, 3.05) is 17.2 Å². The van der Waals surface area contributed by atoms with E-state index in [4.69, 9.17) is 22.4 Å². The first-order valence-electron chi connectivity index (χ1n) is 10.4. The Kier molecular flexibility index (Phi) is 4.25. The third kappa shape index (κ3) is 2.81. The van der Waals surface area contributed by atoms with Crippen LogP contribution in [0.5, 0.6) is 0 Å². The number of nitrogen functional groups attached to an aromatic ring is 1. The maximum atomic E-state index is 13.6. The van der Waals surface area contributed by atoms with Crippen LogP contribution in [0.25, 0.3) is 17.0 Å². The molecule has 1 aliphatic heterocycles. The van der Waals surface area contributed by atoms with Gasteiger partial charge in [0.15, 0.2) is 5.82 Å². The molecular weight excluding hydrogens is 432 g/mol. The molecule has 2 N–H and O–H groups in total. The van der Waals surface area contributed by atoms with Crippen molar-refractivity contribution in [1.82, 2.24) is 38.7 Å². The van der Waals surface area contributed by atoms with Gasteiger partial charge in [-0.3, -0.25) is 9.36 Å². The zero-order valence-electron chi connectivity index (χ0n) is 17.0. The predicted molar refractivity (Wildman–Crippen MR) is 119 cm³/mol. The number of allylic oxidation sites excluding steroid dienone is 4. The van der Waals surface area contributed by atoms with E-state index in [-0.39, 0.29) is 17.5 Å². The van der Waals surface area contributed by atoms with Gasteiger partial charge in [0.25, 0.3) is 11.3 Å². The first kappa shape index (κ1) is 19.0. The SMILES string of the molecule is Nc1nc(N2CCC[C@H]2c2nn3ccc(Cl)c3c(=O)n2C2=CCCC=C2)n2ncnc2n1. The number of hydrogen-bond donors (Lipinski definition) is 1. The van der Waals surface area contributed by atoms with E-state index in [2.05, 4.69) is 37.1 Å². The molecule has 0 unspecified atom stereocenters. The van der Waals surface area contributed by atoms with E-state index in [9.17, 15) is 4.79 Å². The summed E-state index contributed by atoms with van der Waals surface area (Å²) >= 11 is 6.32. The van der Waals surface area contributed by atoms with Crippen molar-refractivity contribution in [3.8, 4) is 0 Å². The Labute approximate surface area is 186 Å². The molecule has 4 aromatic rings. The second-order valence-corrected chi connectivity index (χ2v) is 8.18. The Morgan fingerprint density at radius 1 is 1.22 bits per heavy atom. The Balaban J connectivity index is 1.58. The van der Waals surface area contributed by atoms with Crippen molar-refractivity contribution in [2.45, 2.75) is 31.7 Å². The number of aromatic nitrogens is 8. The molecule has 12 heteroatoms. The van der Waals surface area contributed by atoms with Crippen molar-refractivity contribution in [1.29, 1.82) is 0 Å². The van der Waals surface area contributed by atoms with E-state index in [0.29, 0.717) is 34.6 Å². The molecule has 5 heterocycles. The summed E-state index contributed by atoms with van der Waals surface area (Å²) in [5.41, 5.74) is 6.89. The summed E-state index contributed by atoms with van der Waals surface area (Å²) in [6, 6.07) is 1.45. The fourth-order valence-corrected chi connectivity index (χ4v) is 4.69. The molecule has 0 saturated carbocycles. The van der Waals surface area contributed by atoms with E-state index in [0.717, 1.165) is 31.4 Å². The molecule has 1 aliphatic carbocycles. The van der Waals surface area contributed by atoms with E-state index < -0.39 is 0 Å². The van der Waals surface area contributed by atoms with E-state index in [1.54, 1.807) is 25.9 Å². The monoisotopic (exact) mass is 450 g/mol. The summed E-state index contributed by atoms with van der Waals surface area (Å²) in [4.78, 5) is 28.4. The molecule has 0 radical (unpaired) electrons. The highest BCUT2D eigenvalue weighted by molar-refractivity contribution is 6.33. The molecule has 162 valence electrons. The van der Waals surface area contributed by atoms with E-state index in [1.807, 2.05) is 6.08 Å². The summed E-state index contributed by atoms with van der Waals surface area (Å²) in [5.74, 6) is 1.61. The van der Waals surface area contributed by atoms with Crippen LogP contribution in [0.2, 0.25) is 5.02 Å². The van der Waals surface area contributed by atoms with Gasteiger partial charge >= 0.3 is 0 Å². The molecule has 2 aliphatic rings. The molecule has 6 rings (SSSR count). The zero-order valence-corrected chi connectivity index (χ0v) is 17.7. The number of anilines is 2. The average Bonchev–Trinajstić information content (AvgIpc) is 3.53. The van der Waals surface area contributed by atoms with Crippen LogP contribution in [-0.2, 0) is 0 Å². The van der Waals surface area contributed by atoms with E-state index in [1.165, 1.54) is 6.33 Å². The van der Waals surface area contributed by atoms with Gasteiger partial charge < -0.3 is 10.6 Å². The fourth-order valence-electron chi connectivity index (χ4n) is 4.47. The van der Waals surface area contributed by atoms with Crippen LogP contribution < -0.4 is 16.2 Å². The van der Waals surface area contributed by atoms with Crippen LogP contribution in [0.1, 0.15) is 37.5 Å². The second kappa shape index (κ2) is 7.16. The standard InChI is InChI=1S/C20H19ClN10O/c21-13-8-10-29-15(13)17(32)30(12-5-2-1-3-6-12)16(27-29)14-7-4-9-28(14)20-26-18(22)25-19-23-11-24-31(19)20/h2,5-6,8,10-11,14H,1,3-4,7,9H2,(H2,22,23,24,25)/t14-/m0/s1. The molecule has 1 fully saturated rings. The fraction of sp³-hybridized carbons (Fsp3) is 0.300. The normalized spacial score (nSPS) is 18.7. The summed E-state index contributed by atoms with van der Waals surface area (Å²) in [6.45, 7) is 0.700. The minimum Gasteiger partial charge on any atom is -0.368 e. The molecule has 1 saturated heterocycles. The number of nitrogens with two attached hydrogens (primary N) is 1. The highest BCUT2D eigenvalue weighted by Gasteiger charge is 2.34. The lowest BCUT2D eigenvalue weighted by atomic mass is 10.1. The highest BCUT2D eigenvalue weighted by atomic mass is 35.5. The van der Waals surface area contributed by atoms with Gasteiger partial charge in [-0.1, -0.05) is 23.8 Å². The predicted octanol–water partition coefficient (Wildman–Crippen LogP) is 2.10. The summed E-state index contributed by atoms with van der Waals surface area (Å²) < 4.78 is 4.78. The molecular formula is C20H19ClN10O. The first-order chi connectivity index (χ1) is 15.6. The van der Waals surface area contributed by atoms with Gasteiger partial charge in [0.1, 0.15) is 11.8 Å². The topological polar surface area (TPSA) is 125 Å². The summed E-state index contributed by atoms with van der Waals surface area (Å²) in [7, 11) is 0. The van der Waals surface area contributed by atoms with Gasteiger partial charge in [0.05, 0.1) is 11.1 Å². The van der Waals surface area contributed by atoms with Crippen molar-refractivity contribution < 1.29 is 0 Å². The molecule has 0 aromatic carbocycles. The van der Waals surface area contributed by atoms with Gasteiger partial charge in [0, 0.05) is 18.4 Å². The van der Waals surface area contributed by atoms with E-state index >= 15 is 0 Å². The lowest BCUT2D eigenvalue weighted by molar-refractivity contribution is 0.595. The van der Waals surface area contributed by atoms with Crippen LogP contribution in [0.4, 0.5) is 11.9 Å². The number of rotatable bonds is 3. The summed E-state index contributed by atoms with van der Waals surface area (Å²) in [5, 5.41) is 9.48. The minimum absolute atomic E-state index is 0.113. The van der Waals surface area contributed by atoms with Gasteiger partial charge in [-0.05, 0) is 37.8 Å². The average molecular weight is 451 g/mol. The molecule has 11 nitrogen and oxygen atoms in total. The molecule has 0 amide bonds. The second-order valence-electron chi connectivity index (χ2n) is 7.77. The smallest absolute Gasteiger partial charge is 0.284 e. The van der Waals surface area contributed by atoms with Crippen molar-refractivity contribution in [3.63, 3.8) is 0 Å². The first-order valence-corrected chi connectivity index (χ1v) is 10.8. The molecule has 0 spiro atoms. The molecule has 4 aromatic heterocycles. The van der Waals surface area contributed by atoms with Crippen molar-refractivity contribution in [2.24, 2.45) is 0 Å². The van der Waals surface area contributed by atoms with Gasteiger partial charge in [-0.25, -0.2) is 4.52 Å². The lowest BCUT2D eigenvalue weighted by Crippen LogP contribution is -2.34. The number of fused-ring (bicyclic) bond motifs is 2. The van der Waals surface area contributed by atoms with Crippen LogP contribution >= 0.6 is 11.6 Å². The molecule has 32 heavy (non-hydrogen) atoms. The Morgan fingerprint density at radius 2 is 2.12 bits per heavy atom. The largest absolute Gasteiger partial charge is 0.368 e. The third-order valence-electron chi connectivity index (χ3n) is 5.85. The van der Waals surface area contributed by atoms with Crippen LogP contribution in [0.15, 0.2) is 41.6 Å².